The fourth-order valence-electron chi connectivity index (χ4n) is 2.40. The number of sulfonamides is 1. The van der Waals surface area contributed by atoms with E-state index in [1.165, 1.54) is 18.2 Å². The summed E-state index contributed by atoms with van der Waals surface area (Å²) in [7, 11) is -4.08. The molecule has 1 aromatic carbocycles. The number of benzene rings is 1. The van der Waals surface area contributed by atoms with Crippen molar-refractivity contribution in [3.63, 3.8) is 0 Å². The van der Waals surface area contributed by atoms with Gasteiger partial charge in [0.15, 0.2) is 0 Å². The lowest BCUT2D eigenvalue weighted by atomic mass is 10.2. The Morgan fingerprint density at radius 1 is 1.18 bits per heavy atom. The molecule has 2 heterocycles. The van der Waals surface area contributed by atoms with Crippen molar-refractivity contribution in [2.75, 3.05) is 0 Å². The first kappa shape index (κ1) is 19.5. The smallest absolute Gasteiger partial charge is 0.338 e. The largest absolute Gasteiger partial charge is 0.478 e. The van der Waals surface area contributed by atoms with Crippen molar-refractivity contribution in [1.29, 1.82) is 0 Å². The zero-order chi connectivity index (χ0) is 20.6. The van der Waals surface area contributed by atoms with Crippen LogP contribution in [0.2, 0.25) is 0 Å². The number of rotatable bonds is 6. The minimum absolute atomic E-state index is 0.0460. The van der Waals surface area contributed by atoms with Crippen LogP contribution in [0.5, 0.6) is 0 Å². The number of aryl methyl sites for hydroxylation is 1. The number of amides is 2. The molecule has 146 valence electrons. The Labute approximate surface area is 161 Å². The van der Waals surface area contributed by atoms with E-state index in [1.807, 2.05) is 4.72 Å². The molecule has 0 aliphatic rings. The third kappa shape index (κ3) is 3.73. The number of hydrogen-bond donors (Lipinski definition) is 3. The zero-order valence-corrected chi connectivity index (χ0v) is 15.9. The summed E-state index contributed by atoms with van der Waals surface area (Å²) < 4.78 is 27.1. The van der Waals surface area contributed by atoms with Gasteiger partial charge in [0.25, 0.3) is 10.0 Å². The Morgan fingerprint density at radius 2 is 1.82 bits per heavy atom. The first-order chi connectivity index (χ1) is 13.1. The Kier molecular flexibility index (Phi) is 4.91. The number of carbonyl (C=O) groups excluding carboxylic acids is 1. The summed E-state index contributed by atoms with van der Waals surface area (Å²) in [5.41, 5.74) is -1.42. The van der Waals surface area contributed by atoms with Gasteiger partial charge in [-0.1, -0.05) is 18.2 Å². The van der Waals surface area contributed by atoms with E-state index in [0.29, 0.717) is 10.4 Å². The number of carbonyl (C=O) groups is 2. The second-order valence-corrected chi connectivity index (χ2v) is 8.50. The van der Waals surface area contributed by atoms with Crippen molar-refractivity contribution in [3.05, 3.63) is 67.0 Å². The van der Waals surface area contributed by atoms with E-state index in [-0.39, 0.29) is 22.0 Å². The predicted octanol–water partition coefficient (Wildman–Crippen LogP) is 0.330. The van der Waals surface area contributed by atoms with E-state index in [9.17, 15) is 32.7 Å². The van der Waals surface area contributed by atoms with Gasteiger partial charge in [0, 0.05) is 4.88 Å². The van der Waals surface area contributed by atoms with Gasteiger partial charge < -0.3 is 10.4 Å². The van der Waals surface area contributed by atoms with Crippen molar-refractivity contribution in [2.45, 2.75) is 18.4 Å². The highest BCUT2D eigenvalue weighted by atomic mass is 32.2. The molecule has 3 rings (SSSR count). The van der Waals surface area contributed by atoms with Crippen LogP contribution in [0.3, 0.4) is 0 Å². The molecule has 0 bridgehead atoms. The summed E-state index contributed by atoms with van der Waals surface area (Å²) in [4.78, 5) is 46.0. The molecule has 2 amide bonds. The molecule has 0 fully saturated rings. The highest BCUT2D eigenvalue weighted by molar-refractivity contribution is 7.90. The summed E-state index contributed by atoms with van der Waals surface area (Å²) in [6.07, 6.45) is 0. The highest BCUT2D eigenvalue weighted by Crippen LogP contribution is 2.25. The van der Waals surface area contributed by atoms with E-state index in [1.54, 1.807) is 19.1 Å². The molecule has 12 heteroatoms. The molecule has 0 spiro atoms. The minimum atomic E-state index is -4.08. The van der Waals surface area contributed by atoms with Crippen molar-refractivity contribution < 1.29 is 23.1 Å². The quantitative estimate of drug-likeness (QED) is 0.483. The number of aromatic nitrogens is 1. The van der Waals surface area contributed by atoms with E-state index in [2.05, 4.69) is 5.32 Å². The monoisotopic (exact) mass is 423 g/mol. The summed E-state index contributed by atoms with van der Waals surface area (Å²) in [5.74, 6) is -1.34. The number of aromatic carboxylic acids is 1. The number of carboxylic acid groups (broad SMARTS) is 1. The van der Waals surface area contributed by atoms with Crippen LogP contribution in [0, 0.1) is 6.92 Å². The Morgan fingerprint density at radius 3 is 2.39 bits per heavy atom. The van der Waals surface area contributed by atoms with Gasteiger partial charge in [-0.05, 0) is 24.6 Å². The fraction of sp³-hybridized carbons (Fsp3) is 0.125. The van der Waals surface area contributed by atoms with Crippen LogP contribution in [-0.2, 0) is 16.6 Å². The highest BCUT2D eigenvalue weighted by Gasteiger charge is 2.26. The molecule has 0 saturated heterocycles. The molecule has 0 aliphatic carbocycles. The van der Waals surface area contributed by atoms with Gasteiger partial charge in [0.2, 0.25) is 0 Å². The average Bonchev–Trinajstić information content (AvgIpc) is 3.03. The maximum atomic E-state index is 12.3. The molecule has 0 radical (unpaired) electrons. The molecule has 28 heavy (non-hydrogen) atoms. The number of nitrogens with zero attached hydrogens (tertiary/aromatic N) is 1. The topological polar surface area (TPSA) is 152 Å². The van der Waals surface area contributed by atoms with Crippen molar-refractivity contribution in [3.8, 4) is 5.00 Å². The third-order valence-corrected chi connectivity index (χ3v) is 6.38. The summed E-state index contributed by atoms with van der Waals surface area (Å²) in [5, 5.41) is 11.4. The first-order valence-electron chi connectivity index (χ1n) is 7.72. The standard InChI is InChI=1S/C16H13N3O7S2/c1-8-4-2-3-5-11(8)28(25,26)18-16(24)17-7-9-6-10(15(22)23)14(27-9)19-12(20)13(19)21/h2-6H,7H2,1H3,(H,22,23)(H2,17,18,24). The van der Waals surface area contributed by atoms with E-state index < -0.39 is 33.1 Å². The lowest BCUT2D eigenvalue weighted by Crippen LogP contribution is -2.39. The van der Waals surface area contributed by atoms with Crippen LogP contribution in [0.15, 0.2) is 44.8 Å². The van der Waals surface area contributed by atoms with Gasteiger partial charge in [-0.25, -0.2) is 27.3 Å². The minimum Gasteiger partial charge on any atom is -0.478 e. The molecular formula is C16H13N3O7S2. The Bertz CT molecular complexity index is 1240. The van der Waals surface area contributed by atoms with E-state index >= 15 is 0 Å². The third-order valence-electron chi connectivity index (χ3n) is 3.77. The molecule has 2 aromatic heterocycles. The maximum absolute atomic E-state index is 12.3. The van der Waals surface area contributed by atoms with Crippen LogP contribution in [0.25, 0.3) is 5.00 Å². The van der Waals surface area contributed by atoms with E-state index in [0.717, 1.165) is 15.9 Å². The van der Waals surface area contributed by atoms with Crippen LogP contribution in [0.4, 0.5) is 4.79 Å². The van der Waals surface area contributed by atoms with Crippen molar-refractivity contribution >= 4 is 33.4 Å². The molecule has 0 unspecified atom stereocenters. The lowest BCUT2D eigenvalue weighted by Gasteiger charge is -2.09. The van der Waals surface area contributed by atoms with E-state index in [4.69, 9.17) is 0 Å². The predicted molar refractivity (Wildman–Crippen MR) is 99.3 cm³/mol. The molecular weight excluding hydrogens is 410 g/mol. The van der Waals surface area contributed by atoms with Gasteiger partial charge in [0.05, 0.1) is 17.0 Å². The average molecular weight is 423 g/mol. The summed E-state index contributed by atoms with van der Waals surface area (Å²) >= 11 is 0.836. The van der Waals surface area contributed by atoms with Gasteiger partial charge in [-0.15, -0.1) is 11.3 Å². The number of carboxylic acids is 1. The molecule has 10 nitrogen and oxygen atoms in total. The zero-order valence-electron chi connectivity index (χ0n) is 14.3. The van der Waals surface area contributed by atoms with Crippen LogP contribution in [-0.4, -0.2) is 30.1 Å². The molecule has 3 aromatic rings. The second-order valence-electron chi connectivity index (χ2n) is 5.74. The molecule has 3 N–H and O–H groups in total. The van der Waals surface area contributed by atoms with Crippen LogP contribution < -0.4 is 21.2 Å². The summed E-state index contributed by atoms with van der Waals surface area (Å²) in [6, 6.07) is 6.33. The van der Waals surface area contributed by atoms with Gasteiger partial charge in [0.1, 0.15) is 5.00 Å². The Balaban J connectivity index is 1.72. The molecule has 0 atom stereocenters. The lowest BCUT2D eigenvalue weighted by molar-refractivity contribution is 0.0697. The first-order valence-corrected chi connectivity index (χ1v) is 10.0. The summed E-state index contributed by atoms with van der Waals surface area (Å²) in [6.45, 7) is 1.39. The maximum Gasteiger partial charge on any atom is 0.338 e. The SMILES string of the molecule is Cc1ccccc1S(=O)(=O)NC(=O)NCc1cc(C(=O)O)c(-n2c(=O)c2=O)s1. The van der Waals surface area contributed by atoms with Gasteiger partial charge in [-0.2, -0.15) is 0 Å². The second kappa shape index (κ2) is 7.05. The number of nitrogens with one attached hydrogen (secondary N) is 2. The van der Waals surface area contributed by atoms with Gasteiger partial charge >= 0.3 is 23.1 Å². The Hall–Kier alpha value is -3.25. The number of hydrogen-bond acceptors (Lipinski definition) is 7. The number of urea groups is 1. The fourth-order valence-corrected chi connectivity index (χ4v) is 4.65. The van der Waals surface area contributed by atoms with Crippen molar-refractivity contribution in [2.24, 2.45) is 0 Å². The normalized spacial score (nSPS) is 11.5. The van der Waals surface area contributed by atoms with Gasteiger partial charge in [-0.3, -0.25) is 9.59 Å². The molecule has 0 aliphatic heterocycles. The van der Waals surface area contributed by atoms with Crippen LogP contribution >= 0.6 is 11.3 Å². The van der Waals surface area contributed by atoms with Crippen LogP contribution in [0.1, 0.15) is 20.8 Å². The molecule has 0 saturated carbocycles. The number of thiophene rings is 1. The van der Waals surface area contributed by atoms with Crippen molar-refractivity contribution in [1.82, 2.24) is 14.6 Å².